The standard InChI is InChI=1S/2C21H26O3.C19H22O3/c2*1-4-21(22)20(14-17-8-6-5-7-9-17)16(2)24-15-18-10-12-19(23-3)13-11-18;1-15(18(13-20)12-16-6-4-3-5-7-16)22-14-17-8-10-19(21-2)11-9-17/h2*4-13,16,20-22H,1,14-15H2,2-3H3;3-11,13,15,18H,12,14H2,1-2H3/t16-,20-,21+;16-,20-,21-;15-,18+/m000/s1. The Bertz CT molecular complexity index is 2190. The molecule has 0 bridgehead atoms. The van der Waals surface area contributed by atoms with Crippen LogP contribution in [-0.2, 0) is 58.1 Å². The summed E-state index contributed by atoms with van der Waals surface area (Å²) in [5, 5.41) is 20.6. The molecule has 0 radical (unpaired) electrons. The maximum Gasteiger partial charge on any atom is 0.125 e. The Kier molecular flexibility index (Phi) is 25.5. The normalized spacial score (nSPS) is 14.2. The highest BCUT2D eigenvalue weighted by Gasteiger charge is 2.26. The molecule has 0 unspecified atom stereocenters. The second-order valence-electron chi connectivity index (χ2n) is 17.2. The minimum atomic E-state index is -0.601. The van der Waals surface area contributed by atoms with E-state index >= 15 is 0 Å². The highest BCUT2D eigenvalue weighted by molar-refractivity contribution is 5.55. The highest BCUT2D eigenvalue weighted by atomic mass is 16.5. The molecule has 9 heteroatoms. The van der Waals surface area contributed by atoms with E-state index in [1.807, 2.05) is 160 Å². The molecule has 6 aromatic carbocycles. The first kappa shape index (κ1) is 56.3. The summed E-state index contributed by atoms with van der Waals surface area (Å²) in [6.45, 7) is 14.9. The van der Waals surface area contributed by atoms with Crippen LogP contribution >= 0.6 is 0 Å². The maximum atomic E-state index is 11.3. The highest BCUT2D eigenvalue weighted by Crippen LogP contribution is 2.24. The van der Waals surface area contributed by atoms with Crippen LogP contribution in [0.2, 0.25) is 0 Å². The molecule has 0 heterocycles. The Hall–Kier alpha value is -6.33. The Morgan fingerprint density at radius 3 is 0.971 bits per heavy atom. The maximum absolute atomic E-state index is 11.3. The summed E-state index contributed by atoms with van der Waals surface area (Å²) in [5.74, 6) is 2.27. The third-order valence-corrected chi connectivity index (χ3v) is 12.3. The van der Waals surface area contributed by atoms with Crippen molar-refractivity contribution in [3.05, 3.63) is 222 Å². The van der Waals surface area contributed by atoms with Gasteiger partial charge < -0.3 is 43.4 Å². The van der Waals surface area contributed by atoms with Gasteiger partial charge in [0.05, 0.1) is 71.7 Å². The van der Waals surface area contributed by atoms with E-state index in [-0.39, 0.29) is 36.1 Å². The van der Waals surface area contributed by atoms with Gasteiger partial charge in [0.1, 0.15) is 23.5 Å². The second kappa shape index (κ2) is 31.7. The first-order valence-electron chi connectivity index (χ1n) is 23.9. The number of rotatable bonds is 26. The predicted octanol–water partition coefficient (Wildman–Crippen LogP) is 11.7. The summed E-state index contributed by atoms with van der Waals surface area (Å²) >= 11 is 0. The lowest BCUT2D eigenvalue weighted by Crippen LogP contribution is -2.32. The van der Waals surface area contributed by atoms with Crippen LogP contribution in [0.4, 0.5) is 0 Å². The Morgan fingerprint density at radius 2 is 0.700 bits per heavy atom. The van der Waals surface area contributed by atoms with Crippen molar-refractivity contribution in [3.8, 4) is 17.2 Å². The number of aliphatic hydroxyl groups excluding tert-OH is 2. The molecule has 0 aromatic heterocycles. The van der Waals surface area contributed by atoms with Crippen LogP contribution in [0.1, 0.15) is 54.2 Å². The Morgan fingerprint density at radius 1 is 0.414 bits per heavy atom. The Balaban J connectivity index is 0.000000229. The van der Waals surface area contributed by atoms with Crippen molar-refractivity contribution in [3.63, 3.8) is 0 Å². The first-order valence-corrected chi connectivity index (χ1v) is 23.9. The monoisotopic (exact) mass is 951 g/mol. The fourth-order valence-electron chi connectivity index (χ4n) is 7.68. The van der Waals surface area contributed by atoms with Gasteiger partial charge >= 0.3 is 0 Å². The number of hydrogen-bond donors (Lipinski definition) is 2. The van der Waals surface area contributed by atoms with Gasteiger partial charge in [-0.05, 0) is 110 Å². The van der Waals surface area contributed by atoms with Gasteiger partial charge in [0.15, 0.2) is 0 Å². The van der Waals surface area contributed by atoms with Crippen LogP contribution in [0, 0.1) is 17.8 Å². The largest absolute Gasteiger partial charge is 0.497 e. The van der Waals surface area contributed by atoms with Crippen LogP contribution < -0.4 is 14.2 Å². The van der Waals surface area contributed by atoms with Crippen LogP contribution in [0.15, 0.2) is 189 Å². The third kappa shape index (κ3) is 19.9. The molecular formula is C61H74O9. The molecule has 0 saturated heterocycles. The molecule has 0 aliphatic carbocycles. The van der Waals surface area contributed by atoms with E-state index in [2.05, 4.69) is 37.4 Å². The molecule has 0 fully saturated rings. The van der Waals surface area contributed by atoms with Crippen molar-refractivity contribution in [1.29, 1.82) is 0 Å². The van der Waals surface area contributed by atoms with E-state index < -0.39 is 12.2 Å². The van der Waals surface area contributed by atoms with Gasteiger partial charge in [-0.3, -0.25) is 0 Å². The fourth-order valence-corrected chi connectivity index (χ4v) is 7.68. The average Bonchev–Trinajstić information content (AvgIpc) is 3.42. The molecule has 372 valence electrons. The zero-order chi connectivity index (χ0) is 50.5. The summed E-state index contributed by atoms with van der Waals surface area (Å²) in [7, 11) is 4.95. The zero-order valence-electron chi connectivity index (χ0n) is 41.8. The first-order chi connectivity index (χ1) is 34.0. The molecule has 0 saturated carbocycles. The van der Waals surface area contributed by atoms with Gasteiger partial charge in [-0.25, -0.2) is 0 Å². The number of benzene rings is 6. The number of ether oxygens (including phenoxy) is 6. The number of methoxy groups -OCH3 is 3. The van der Waals surface area contributed by atoms with Gasteiger partial charge in [0.2, 0.25) is 0 Å². The van der Waals surface area contributed by atoms with Crippen molar-refractivity contribution in [2.45, 2.75) is 90.4 Å². The van der Waals surface area contributed by atoms with Crippen molar-refractivity contribution < 1.29 is 43.4 Å². The van der Waals surface area contributed by atoms with Crippen molar-refractivity contribution in [1.82, 2.24) is 0 Å². The minimum absolute atomic E-state index is 0.0388. The molecule has 0 aliphatic heterocycles. The lowest BCUT2D eigenvalue weighted by atomic mass is 9.89. The fraction of sp³-hybridized carbons (Fsp3) is 0.328. The topological polar surface area (TPSA) is 113 Å². The second-order valence-corrected chi connectivity index (χ2v) is 17.2. The van der Waals surface area contributed by atoms with Crippen molar-refractivity contribution >= 4 is 6.29 Å². The van der Waals surface area contributed by atoms with Crippen LogP contribution in [0.25, 0.3) is 0 Å². The van der Waals surface area contributed by atoms with E-state index in [0.29, 0.717) is 26.2 Å². The lowest BCUT2D eigenvalue weighted by Gasteiger charge is -2.27. The van der Waals surface area contributed by atoms with Gasteiger partial charge in [-0.2, -0.15) is 0 Å². The molecule has 2 N–H and O–H groups in total. The Labute approximate surface area is 417 Å². The predicted molar refractivity (Wildman–Crippen MR) is 281 cm³/mol. The van der Waals surface area contributed by atoms with E-state index in [1.165, 1.54) is 11.1 Å². The SMILES string of the molecule is C=C[C@@H](O)[C@@H](Cc1ccccc1)[C@H](C)OCc1ccc(OC)cc1.C=C[C@H](O)[C@@H](Cc1ccccc1)[C@H](C)OCc1ccc(OC)cc1.COc1ccc(CO[C@@H](C)[C@@H](C=O)Cc2ccccc2)cc1. The summed E-state index contributed by atoms with van der Waals surface area (Å²) in [4.78, 5) is 11.3. The van der Waals surface area contributed by atoms with Gasteiger partial charge in [0.25, 0.3) is 0 Å². The van der Waals surface area contributed by atoms with Crippen LogP contribution in [0.5, 0.6) is 17.2 Å². The molecule has 6 rings (SSSR count). The van der Waals surface area contributed by atoms with Crippen molar-refractivity contribution in [2.24, 2.45) is 17.8 Å². The number of carbonyl (C=O) groups excluding carboxylic acids is 1. The van der Waals surface area contributed by atoms with E-state index in [4.69, 9.17) is 28.4 Å². The van der Waals surface area contributed by atoms with E-state index in [0.717, 1.165) is 58.6 Å². The molecule has 70 heavy (non-hydrogen) atoms. The summed E-state index contributed by atoms with van der Waals surface area (Å²) < 4.78 is 33.3. The molecule has 0 amide bonds. The van der Waals surface area contributed by atoms with Crippen LogP contribution in [0.3, 0.4) is 0 Å². The number of hydrogen-bond acceptors (Lipinski definition) is 9. The quantitative estimate of drug-likeness (QED) is 0.0405. The molecule has 8 atom stereocenters. The molecule has 6 aromatic rings. The summed E-state index contributed by atoms with van der Waals surface area (Å²) in [6, 6.07) is 53.7. The smallest absolute Gasteiger partial charge is 0.125 e. The molecular weight excluding hydrogens is 877 g/mol. The van der Waals surface area contributed by atoms with E-state index in [9.17, 15) is 15.0 Å². The van der Waals surface area contributed by atoms with Gasteiger partial charge in [-0.15, -0.1) is 13.2 Å². The summed E-state index contributed by atoms with van der Waals surface area (Å²) in [6.07, 6.45) is 4.84. The summed E-state index contributed by atoms with van der Waals surface area (Å²) in [5.41, 5.74) is 6.74. The molecule has 0 aliphatic rings. The third-order valence-electron chi connectivity index (χ3n) is 12.3. The van der Waals surface area contributed by atoms with E-state index in [1.54, 1.807) is 33.5 Å². The zero-order valence-corrected chi connectivity index (χ0v) is 41.8. The number of carbonyl (C=O) groups is 1. The van der Waals surface area contributed by atoms with Crippen molar-refractivity contribution in [2.75, 3.05) is 21.3 Å². The number of aldehydes is 1. The number of aliphatic hydroxyl groups is 2. The van der Waals surface area contributed by atoms with Crippen LogP contribution in [-0.4, -0.2) is 68.3 Å². The average molecular weight is 951 g/mol. The molecule has 0 spiro atoms. The lowest BCUT2D eigenvalue weighted by molar-refractivity contribution is -0.115. The van der Waals surface area contributed by atoms with Gasteiger partial charge in [0, 0.05) is 17.8 Å². The molecule has 9 nitrogen and oxygen atoms in total. The van der Waals surface area contributed by atoms with Gasteiger partial charge in [-0.1, -0.05) is 140 Å². The minimum Gasteiger partial charge on any atom is -0.497 e.